The normalized spacial score (nSPS) is 12.8. The third kappa shape index (κ3) is 5.61. The van der Waals surface area contributed by atoms with Crippen molar-refractivity contribution in [2.75, 3.05) is 0 Å². The number of carboxylic acid groups (broad SMARTS) is 1. The fraction of sp³-hybridized carbons (Fsp3) is 0.333. The number of aromatic nitrogens is 2. The maximum atomic E-state index is 11.7. The molecule has 158 valence electrons. The van der Waals surface area contributed by atoms with Gasteiger partial charge in [0.15, 0.2) is 0 Å². The molecule has 0 fully saturated rings. The van der Waals surface area contributed by atoms with Gasteiger partial charge in [0.05, 0.1) is 24.4 Å². The van der Waals surface area contributed by atoms with E-state index in [0.29, 0.717) is 13.0 Å². The molecule has 1 aromatic carbocycles. The van der Waals surface area contributed by atoms with E-state index in [1.807, 2.05) is 54.1 Å². The van der Waals surface area contributed by atoms with E-state index in [4.69, 9.17) is 11.6 Å². The first-order chi connectivity index (χ1) is 14.5. The smallest absolute Gasteiger partial charge is 0.310 e. The maximum Gasteiger partial charge on any atom is 0.310 e. The number of halogens is 1. The second kappa shape index (κ2) is 10.6. The SMILES string of the molecule is CCCCc1ncc(/C=C(\Cc2cccs2)C(C)C(=O)O)n1Cc1ccccc1Cl. The number of hydrogen-bond acceptors (Lipinski definition) is 3. The van der Waals surface area contributed by atoms with Crippen molar-refractivity contribution in [1.82, 2.24) is 9.55 Å². The molecule has 1 atom stereocenters. The van der Waals surface area contributed by atoms with Gasteiger partial charge in [-0.25, -0.2) is 4.98 Å². The Hall–Kier alpha value is -2.37. The Morgan fingerprint density at radius 3 is 2.77 bits per heavy atom. The highest BCUT2D eigenvalue weighted by atomic mass is 35.5. The van der Waals surface area contributed by atoms with Gasteiger partial charge in [0, 0.05) is 22.7 Å². The molecular formula is C24H27ClN2O2S. The van der Waals surface area contributed by atoms with Crippen LogP contribution in [0.1, 0.15) is 48.6 Å². The summed E-state index contributed by atoms with van der Waals surface area (Å²) in [4.78, 5) is 17.6. The van der Waals surface area contributed by atoms with Crippen LogP contribution in [0.2, 0.25) is 5.02 Å². The predicted octanol–water partition coefficient (Wildman–Crippen LogP) is 6.34. The van der Waals surface area contributed by atoms with Crippen LogP contribution < -0.4 is 0 Å². The van der Waals surface area contributed by atoms with Crippen LogP contribution in [-0.2, 0) is 24.2 Å². The van der Waals surface area contributed by atoms with Crippen LogP contribution >= 0.6 is 22.9 Å². The highest BCUT2D eigenvalue weighted by Gasteiger charge is 2.19. The zero-order valence-electron chi connectivity index (χ0n) is 17.3. The highest BCUT2D eigenvalue weighted by Crippen LogP contribution is 2.25. The minimum atomic E-state index is -0.818. The summed E-state index contributed by atoms with van der Waals surface area (Å²) >= 11 is 8.06. The van der Waals surface area contributed by atoms with E-state index in [2.05, 4.69) is 16.5 Å². The van der Waals surface area contributed by atoms with E-state index in [1.54, 1.807) is 18.3 Å². The summed E-state index contributed by atoms with van der Waals surface area (Å²) in [5, 5.41) is 12.4. The summed E-state index contributed by atoms with van der Waals surface area (Å²) in [5.41, 5.74) is 2.81. The lowest BCUT2D eigenvalue weighted by atomic mass is 9.96. The summed E-state index contributed by atoms with van der Waals surface area (Å²) < 4.78 is 2.17. The van der Waals surface area contributed by atoms with Gasteiger partial charge in [0.25, 0.3) is 0 Å². The van der Waals surface area contributed by atoms with Gasteiger partial charge in [-0.3, -0.25) is 4.79 Å². The molecule has 0 aliphatic heterocycles. The first-order valence-corrected chi connectivity index (χ1v) is 11.5. The van der Waals surface area contributed by atoms with Crippen molar-refractivity contribution < 1.29 is 9.90 Å². The Labute approximate surface area is 186 Å². The van der Waals surface area contributed by atoms with E-state index in [9.17, 15) is 9.90 Å². The van der Waals surface area contributed by atoms with Crippen LogP contribution in [0.5, 0.6) is 0 Å². The number of benzene rings is 1. The third-order valence-electron chi connectivity index (χ3n) is 5.23. The zero-order chi connectivity index (χ0) is 21.5. The lowest BCUT2D eigenvalue weighted by Crippen LogP contribution is -2.14. The number of hydrogen-bond donors (Lipinski definition) is 1. The van der Waals surface area contributed by atoms with Gasteiger partial charge in [0.1, 0.15) is 5.82 Å². The topological polar surface area (TPSA) is 55.1 Å². The number of rotatable bonds is 10. The molecule has 4 nitrogen and oxygen atoms in total. The van der Waals surface area contributed by atoms with Crippen molar-refractivity contribution in [2.45, 2.75) is 46.1 Å². The molecule has 0 aliphatic rings. The van der Waals surface area contributed by atoms with Gasteiger partial charge in [-0.15, -0.1) is 11.3 Å². The summed E-state index contributed by atoms with van der Waals surface area (Å²) in [6, 6.07) is 11.9. The van der Waals surface area contributed by atoms with Gasteiger partial charge >= 0.3 is 5.97 Å². The minimum absolute atomic E-state index is 0.574. The first-order valence-electron chi connectivity index (χ1n) is 10.2. The Morgan fingerprint density at radius 2 is 2.10 bits per heavy atom. The van der Waals surface area contributed by atoms with E-state index >= 15 is 0 Å². The quantitative estimate of drug-likeness (QED) is 0.398. The zero-order valence-corrected chi connectivity index (χ0v) is 18.9. The summed E-state index contributed by atoms with van der Waals surface area (Å²) in [6.45, 7) is 4.52. The fourth-order valence-corrected chi connectivity index (χ4v) is 4.28. The van der Waals surface area contributed by atoms with Crippen molar-refractivity contribution >= 4 is 35.0 Å². The van der Waals surface area contributed by atoms with Crippen molar-refractivity contribution in [3.05, 3.63) is 80.5 Å². The molecule has 0 bridgehead atoms. The van der Waals surface area contributed by atoms with E-state index in [-0.39, 0.29) is 0 Å². The molecule has 0 aliphatic carbocycles. The van der Waals surface area contributed by atoms with Crippen LogP contribution in [0.4, 0.5) is 0 Å². The second-order valence-corrected chi connectivity index (χ2v) is 8.86. The van der Waals surface area contributed by atoms with Crippen LogP contribution in [0.3, 0.4) is 0 Å². The Kier molecular flexibility index (Phi) is 7.88. The number of nitrogens with zero attached hydrogens (tertiary/aromatic N) is 2. The molecule has 3 aromatic rings. The molecule has 2 heterocycles. The van der Waals surface area contributed by atoms with E-state index in [1.165, 1.54) is 0 Å². The van der Waals surface area contributed by atoms with Crippen molar-refractivity contribution in [3.8, 4) is 0 Å². The molecule has 30 heavy (non-hydrogen) atoms. The standard InChI is InChI=1S/C24H27ClN2O2S/c1-3-4-11-23-26-15-20(27(23)16-18-8-5-6-10-22(18)25)13-19(17(2)24(28)29)14-21-9-7-12-30-21/h5-10,12-13,15,17H,3-4,11,14,16H2,1-2H3,(H,28,29)/b19-13+. The number of thiophene rings is 1. The largest absolute Gasteiger partial charge is 0.481 e. The number of carbonyl (C=O) groups is 1. The molecule has 0 saturated heterocycles. The molecule has 0 spiro atoms. The Bertz CT molecular complexity index is 1010. The summed E-state index contributed by atoms with van der Waals surface area (Å²) in [5.74, 6) is -0.391. The van der Waals surface area contributed by atoms with Crippen LogP contribution in [0.15, 0.2) is 53.5 Å². The lowest BCUT2D eigenvalue weighted by molar-refractivity contribution is -0.139. The van der Waals surface area contributed by atoms with Gasteiger partial charge in [-0.05, 0) is 48.1 Å². The lowest BCUT2D eigenvalue weighted by Gasteiger charge is -2.15. The van der Waals surface area contributed by atoms with Crippen LogP contribution in [-0.4, -0.2) is 20.6 Å². The molecule has 1 unspecified atom stereocenters. The number of imidazole rings is 1. The van der Waals surface area contributed by atoms with Gasteiger partial charge in [0.2, 0.25) is 0 Å². The van der Waals surface area contributed by atoms with E-state index in [0.717, 1.165) is 51.8 Å². The summed E-state index contributed by atoms with van der Waals surface area (Å²) in [7, 11) is 0. The average molecular weight is 443 g/mol. The number of aliphatic carboxylic acids is 1. The fourth-order valence-electron chi connectivity index (χ4n) is 3.35. The molecule has 0 saturated carbocycles. The predicted molar refractivity (Wildman–Crippen MR) is 124 cm³/mol. The number of carboxylic acids is 1. The first kappa shape index (κ1) is 22.3. The molecule has 3 rings (SSSR count). The third-order valence-corrected chi connectivity index (χ3v) is 6.47. The number of unbranched alkanes of at least 4 members (excludes halogenated alkanes) is 1. The summed E-state index contributed by atoms with van der Waals surface area (Å²) in [6.07, 6.45) is 7.49. The van der Waals surface area contributed by atoms with Crippen molar-refractivity contribution in [2.24, 2.45) is 5.92 Å². The Balaban J connectivity index is 2.02. The van der Waals surface area contributed by atoms with Gasteiger partial charge in [-0.1, -0.05) is 49.2 Å². The number of aryl methyl sites for hydroxylation is 1. The molecule has 0 amide bonds. The van der Waals surface area contributed by atoms with E-state index < -0.39 is 11.9 Å². The molecule has 1 N–H and O–H groups in total. The van der Waals surface area contributed by atoms with Crippen molar-refractivity contribution in [1.29, 1.82) is 0 Å². The minimum Gasteiger partial charge on any atom is -0.481 e. The van der Waals surface area contributed by atoms with Crippen molar-refractivity contribution in [3.63, 3.8) is 0 Å². The van der Waals surface area contributed by atoms with Gasteiger partial charge in [-0.2, -0.15) is 0 Å². The average Bonchev–Trinajstić information content (AvgIpc) is 3.37. The van der Waals surface area contributed by atoms with Crippen LogP contribution in [0.25, 0.3) is 6.08 Å². The van der Waals surface area contributed by atoms with Gasteiger partial charge < -0.3 is 9.67 Å². The molecule has 2 aromatic heterocycles. The molecular weight excluding hydrogens is 416 g/mol. The molecule has 0 radical (unpaired) electrons. The second-order valence-electron chi connectivity index (χ2n) is 7.42. The highest BCUT2D eigenvalue weighted by molar-refractivity contribution is 7.09. The molecule has 6 heteroatoms. The van der Waals surface area contributed by atoms with Crippen LogP contribution in [0, 0.1) is 5.92 Å². The monoisotopic (exact) mass is 442 g/mol. The Morgan fingerprint density at radius 1 is 1.30 bits per heavy atom. The maximum absolute atomic E-state index is 11.7.